The molecule has 2 heterocycles. The summed E-state index contributed by atoms with van der Waals surface area (Å²) in [6.07, 6.45) is 3.92. The maximum Gasteiger partial charge on any atom is 0.328 e. The number of carbonyl (C=O) groups excluding carboxylic acids is 3. The number of esters is 1. The third-order valence-electron chi connectivity index (χ3n) is 7.70. The molecule has 4 rings (SSSR count). The van der Waals surface area contributed by atoms with Crippen LogP contribution in [0.15, 0.2) is 34.2 Å². The van der Waals surface area contributed by atoms with E-state index in [9.17, 15) is 22.8 Å². The summed E-state index contributed by atoms with van der Waals surface area (Å²) < 4.78 is 36.2. The van der Waals surface area contributed by atoms with Gasteiger partial charge in [0.1, 0.15) is 5.84 Å². The Balaban J connectivity index is 1.54. The largest absolute Gasteiger partial charge is 0.444 e. The number of benzene rings is 1. The molecule has 0 spiro atoms. The summed E-state index contributed by atoms with van der Waals surface area (Å²) in [5, 5.41) is 0. The number of rotatable bonds is 11. The van der Waals surface area contributed by atoms with E-state index in [1.54, 1.807) is 37.8 Å². The summed E-state index contributed by atoms with van der Waals surface area (Å²) >= 11 is 0. The van der Waals surface area contributed by atoms with Crippen molar-refractivity contribution in [1.82, 2.24) is 14.7 Å². The molecule has 1 aliphatic carbocycles. The highest BCUT2D eigenvalue weighted by Crippen LogP contribution is 2.36. The topological polar surface area (TPSA) is 126 Å². The van der Waals surface area contributed by atoms with E-state index in [-0.39, 0.29) is 55.5 Å². The second-order valence-corrected chi connectivity index (χ2v) is 13.6. The van der Waals surface area contributed by atoms with E-state index in [0.29, 0.717) is 12.3 Å². The van der Waals surface area contributed by atoms with Gasteiger partial charge in [-0.2, -0.15) is 8.42 Å². The number of nitrogens with zero attached hydrogens (tertiary/aromatic N) is 4. The molecular weight excluding hydrogens is 548 g/mol. The third kappa shape index (κ3) is 6.74. The van der Waals surface area contributed by atoms with Crippen LogP contribution in [-0.4, -0.2) is 85.5 Å². The minimum atomic E-state index is -3.95. The molecule has 2 aliphatic heterocycles. The van der Waals surface area contributed by atoms with Crippen molar-refractivity contribution in [3.63, 3.8) is 0 Å². The lowest BCUT2D eigenvalue weighted by atomic mass is 9.97. The Bertz CT molecular complexity index is 1270. The van der Waals surface area contributed by atoms with Crippen molar-refractivity contribution in [1.29, 1.82) is 0 Å². The monoisotopic (exact) mass is 590 g/mol. The van der Waals surface area contributed by atoms with Gasteiger partial charge in [0.25, 0.3) is 16.0 Å². The Morgan fingerprint density at radius 1 is 1.05 bits per heavy atom. The molecule has 2 fully saturated rings. The van der Waals surface area contributed by atoms with Gasteiger partial charge in [-0.05, 0) is 65.5 Å². The zero-order valence-corrected chi connectivity index (χ0v) is 25.5. The predicted molar refractivity (Wildman–Crippen MR) is 152 cm³/mol. The average molecular weight is 591 g/mol. The number of amidine groups is 1. The van der Waals surface area contributed by atoms with Crippen molar-refractivity contribution >= 4 is 33.9 Å². The molecule has 3 aliphatic rings. The number of aliphatic imine (C=N–C) groups is 1. The van der Waals surface area contributed by atoms with Gasteiger partial charge in [-0.1, -0.05) is 37.5 Å². The molecule has 0 radical (unpaired) electrons. The SMILES string of the molecule is CCCN1C(=O)C2C(N=C(C3CCCC3)N2COC(=O)C(C)(C)C)N(CCCOS(=O)(=O)c2ccc(C)cc2)C1=O. The van der Waals surface area contributed by atoms with E-state index in [2.05, 4.69) is 0 Å². The van der Waals surface area contributed by atoms with Crippen LogP contribution < -0.4 is 0 Å². The summed E-state index contributed by atoms with van der Waals surface area (Å²) in [5.41, 5.74) is 0.222. The van der Waals surface area contributed by atoms with Gasteiger partial charge in [-0.25, -0.2) is 9.79 Å². The van der Waals surface area contributed by atoms with Gasteiger partial charge in [-0.3, -0.25) is 23.6 Å². The first-order chi connectivity index (χ1) is 19.3. The lowest BCUT2D eigenvalue weighted by Crippen LogP contribution is -2.66. The van der Waals surface area contributed by atoms with E-state index in [4.69, 9.17) is 13.9 Å². The maximum atomic E-state index is 13.7. The van der Waals surface area contributed by atoms with Crippen LogP contribution in [0.5, 0.6) is 0 Å². The Kier molecular flexibility index (Phi) is 9.42. The van der Waals surface area contributed by atoms with Crippen LogP contribution in [0.1, 0.15) is 71.8 Å². The number of aryl methyl sites for hydroxylation is 1. The van der Waals surface area contributed by atoms with Crippen molar-refractivity contribution in [3.05, 3.63) is 29.8 Å². The Hall–Kier alpha value is -2.99. The zero-order chi connectivity index (χ0) is 29.9. The van der Waals surface area contributed by atoms with Gasteiger partial charge in [0.15, 0.2) is 18.9 Å². The Morgan fingerprint density at radius 2 is 1.71 bits per heavy atom. The first-order valence-electron chi connectivity index (χ1n) is 14.4. The molecule has 1 saturated heterocycles. The van der Waals surface area contributed by atoms with Crippen LogP contribution in [0.3, 0.4) is 0 Å². The number of hydrogen-bond donors (Lipinski definition) is 0. The highest BCUT2D eigenvalue weighted by molar-refractivity contribution is 7.86. The van der Waals surface area contributed by atoms with E-state index < -0.39 is 33.8 Å². The number of ether oxygens (including phenoxy) is 1. The second kappa shape index (κ2) is 12.5. The molecule has 2 atom stereocenters. The number of carbonyl (C=O) groups is 3. The Labute approximate surface area is 243 Å². The summed E-state index contributed by atoms with van der Waals surface area (Å²) in [5.74, 6) is 0.0586. The normalized spacial score (nSPS) is 21.9. The molecule has 0 N–H and O–H groups in total. The fraction of sp³-hybridized carbons (Fsp3) is 0.655. The first-order valence-corrected chi connectivity index (χ1v) is 15.9. The summed E-state index contributed by atoms with van der Waals surface area (Å²) in [6, 6.07) is 5.12. The van der Waals surface area contributed by atoms with Crippen molar-refractivity contribution in [3.8, 4) is 0 Å². The summed E-state index contributed by atoms with van der Waals surface area (Å²) in [4.78, 5) is 49.4. The summed E-state index contributed by atoms with van der Waals surface area (Å²) in [7, 11) is -3.95. The van der Waals surface area contributed by atoms with Crippen molar-refractivity contribution in [2.45, 2.75) is 90.2 Å². The van der Waals surface area contributed by atoms with Crippen LogP contribution in [-0.2, 0) is 28.6 Å². The molecule has 1 aromatic carbocycles. The van der Waals surface area contributed by atoms with Crippen LogP contribution in [0.25, 0.3) is 0 Å². The standard InChI is InChI=1S/C29H42N4O7S/c1-6-16-32-26(34)23-25(30-24(21-10-7-8-11-21)33(23)19-39-27(35)29(3,4)5)31(28(32)36)17-9-18-40-41(37,38)22-14-12-20(2)13-15-22/h12-15,21,23,25H,6-11,16-19H2,1-5H3. The molecule has 41 heavy (non-hydrogen) atoms. The number of urea groups is 1. The van der Waals surface area contributed by atoms with Crippen LogP contribution in [0.4, 0.5) is 4.79 Å². The van der Waals surface area contributed by atoms with E-state index in [0.717, 1.165) is 31.2 Å². The molecule has 0 bridgehead atoms. The smallest absolute Gasteiger partial charge is 0.328 e. The second-order valence-electron chi connectivity index (χ2n) is 12.0. The van der Waals surface area contributed by atoms with Crippen molar-refractivity contribution in [2.75, 3.05) is 26.4 Å². The molecule has 1 aromatic rings. The van der Waals surface area contributed by atoms with Gasteiger partial charge in [0.2, 0.25) is 0 Å². The highest BCUT2D eigenvalue weighted by Gasteiger charge is 2.54. The van der Waals surface area contributed by atoms with E-state index in [1.807, 2.05) is 13.8 Å². The third-order valence-corrected chi connectivity index (χ3v) is 9.02. The first kappa shape index (κ1) is 31.0. The van der Waals surface area contributed by atoms with Gasteiger partial charge in [-0.15, -0.1) is 0 Å². The van der Waals surface area contributed by atoms with Crippen molar-refractivity contribution in [2.24, 2.45) is 16.3 Å². The molecule has 12 heteroatoms. The summed E-state index contributed by atoms with van der Waals surface area (Å²) in [6.45, 7) is 9.19. The maximum absolute atomic E-state index is 13.7. The van der Waals surface area contributed by atoms with Crippen LogP contribution in [0.2, 0.25) is 0 Å². The van der Waals surface area contributed by atoms with Gasteiger partial charge >= 0.3 is 12.0 Å². The van der Waals surface area contributed by atoms with Crippen molar-refractivity contribution < 1.29 is 31.7 Å². The average Bonchev–Trinajstić information content (AvgIpc) is 3.57. The van der Waals surface area contributed by atoms with Crippen LogP contribution in [0, 0.1) is 18.3 Å². The lowest BCUT2D eigenvalue weighted by Gasteiger charge is -2.43. The number of imide groups is 1. The predicted octanol–water partition coefficient (Wildman–Crippen LogP) is 3.91. The molecule has 11 nitrogen and oxygen atoms in total. The van der Waals surface area contributed by atoms with Gasteiger partial charge < -0.3 is 9.64 Å². The Morgan fingerprint density at radius 3 is 2.32 bits per heavy atom. The lowest BCUT2D eigenvalue weighted by molar-refractivity contribution is -0.159. The minimum Gasteiger partial charge on any atom is -0.444 e. The molecule has 226 valence electrons. The van der Waals surface area contributed by atoms with E-state index in [1.165, 1.54) is 21.9 Å². The van der Waals surface area contributed by atoms with Gasteiger partial charge in [0.05, 0.1) is 16.9 Å². The number of hydrogen-bond acceptors (Lipinski definition) is 9. The van der Waals surface area contributed by atoms with Crippen LogP contribution >= 0.6 is 0 Å². The molecule has 3 amide bonds. The fourth-order valence-corrected chi connectivity index (χ4v) is 6.40. The molecule has 1 saturated carbocycles. The zero-order valence-electron chi connectivity index (χ0n) is 24.7. The molecule has 2 unspecified atom stereocenters. The fourth-order valence-electron chi connectivity index (χ4n) is 5.46. The quantitative estimate of drug-likeness (QED) is 0.216. The number of fused-ring (bicyclic) bond motifs is 1. The minimum absolute atomic E-state index is 0.0685. The van der Waals surface area contributed by atoms with Gasteiger partial charge in [0, 0.05) is 19.0 Å². The number of amides is 3. The highest BCUT2D eigenvalue weighted by atomic mass is 32.2. The van der Waals surface area contributed by atoms with E-state index >= 15 is 0 Å². The molecule has 0 aromatic heterocycles. The molecular formula is C29H42N4O7S.